The van der Waals surface area contributed by atoms with Crippen molar-refractivity contribution in [3.63, 3.8) is 0 Å². The molecular weight excluding hydrogens is 378 g/mol. The van der Waals surface area contributed by atoms with Gasteiger partial charge in [-0.15, -0.1) is 0 Å². The number of Topliss-reactive ketones (excluding diaryl/α,β-unsaturated/α-hetero) is 1. The number of fused-ring (bicyclic) bond motifs is 1. The van der Waals surface area contributed by atoms with Gasteiger partial charge in [-0.05, 0) is 17.5 Å². The van der Waals surface area contributed by atoms with Crippen molar-refractivity contribution in [2.45, 2.75) is 19.8 Å². The Kier molecular flexibility index (Phi) is 5.06. The Morgan fingerprint density at radius 2 is 1.67 bits per heavy atom. The first-order valence-corrected chi connectivity index (χ1v) is 9.70. The molecule has 0 unspecified atom stereocenters. The van der Waals surface area contributed by atoms with Crippen LogP contribution >= 0.6 is 0 Å². The van der Waals surface area contributed by atoms with Crippen molar-refractivity contribution in [3.8, 4) is 17.1 Å². The summed E-state index contributed by atoms with van der Waals surface area (Å²) in [4.78, 5) is 28.7. The molecule has 3 N–H and O–H groups in total. The summed E-state index contributed by atoms with van der Waals surface area (Å²) in [7, 11) is 0. The van der Waals surface area contributed by atoms with Gasteiger partial charge in [-0.3, -0.25) is 9.59 Å². The van der Waals surface area contributed by atoms with Gasteiger partial charge in [-0.1, -0.05) is 67.6 Å². The second kappa shape index (κ2) is 7.83. The SMILES string of the molecule is CCc1c(C(=O)C(N)=O)c2c(O)nc(-c3ccccc3)cn2c1Cc1ccccc1. The number of amides is 1. The molecule has 0 radical (unpaired) electrons. The molecule has 2 heterocycles. The molecule has 4 rings (SSSR count). The zero-order chi connectivity index (χ0) is 21.3. The average Bonchev–Trinajstić information content (AvgIpc) is 3.08. The van der Waals surface area contributed by atoms with Crippen LogP contribution in [0.3, 0.4) is 0 Å². The lowest BCUT2D eigenvalue weighted by Crippen LogP contribution is -2.24. The molecule has 0 bridgehead atoms. The van der Waals surface area contributed by atoms with Crippen molar-refractivity contribution in [1.82, 2.24) is 9.38 Å². The topological polar surface area (TPSA) is 97.7 Å². The van der Waals surface area contributed by atoms with E-state index in [0.717, 1.165) is 16.8 Å². The van der Waals surface area contributed by atoms with Crippen molar-refractivity contribution in [3.05, 3.63) is 89.2 Å². The van der Waals surface area contributed by atoms with Crippen LogP contribution in [0.5, 0.6) is 5.88 Å². The standard InChI is InChI=1S/C24H21N3O3/c1-2-17-19(13-15-9-5-3-6-10-15)27-14-18(16-11-7-4-8-12-16)26-24(30)21(27)20(17)22(28)23(25)29/h3-12,14H,2,13H2,1H3,(H2,25,29)(H,26,30). The van der Waals surface area contributed by atoms with E-state index in [4.69, 9.17) is 5.73 Å². The van der Waals surface area contributed by atoms with E-state index in [1.54, 1.807) is 10.6 Å². The number of rotatable bonds is 6. The van der Waals surface area contributed by atoms with E-state index in [0.29, 0.717) is 24.1 Å². The highest BCUT2D eigenvalue weighted by Gasteiger charge is 2.28. The third-order valence-corrected chi connectivity index (χ3v) is 5.20. The maximum Gasteiger partial charge on any atom is 0.289 e. The number of hydrogen-bond donors (Lipinski definition) is 2. The first kappa shape index (κ1) is 19.4. The van der Waals surface area contributed by atoms with Gasteiger partial charge in [-0.25, -0.2) is 4.98 Å². The Hall–Kier alpha value is -3.93. The minimum Gasteiger partial charge on any atom is -0.492 e. The molecule has 0 aliphatic rings. The number of carbonyl (C=O) groups is 2. The van der Waals surface area contributed by atoms with Crippen LogP contribution in [0.4, 0.5) is 0 Å². The Morgan fingerprint density at radius 3 is 2.27 bits per heavy atom. The van der Waals surface area contributed by atoms with Crippen LogP contribution in [-0.2, 0) is 17.6 Å². The summed E-state index contributed by atoms with van der Waals surface area (Å²) in [5.41, 5.74) is 9.59. The van der Waals surface area contributed by atoms with Crippen molar-refractivity contribution >= 4 is 17.2 Å². The number of aromatic nitrogens is 2. The number of benzene rings is 2. The Balaban J connectivity index is 2.04. The Labute approximate surface area is 173 Å². The maximum atomic E-state index is 12.7. The number of nitrogens with two attached hydrogens (primary N) is 1. The lowest BCUT2D eigenvalue weighted by atomic mass is 9.99. The van der Waals surface area contributed by atoms with E-state index in [1.165, 1.54) is 0 Å². The van der Waals surface area contributed by atoms with Crippen molar-refractivity contribution in [2.75, 3.05) is 0 Å². The van der Waals surface area contributed by atoms with Crippen LogP contribution in [0.25, 0.3) is 16.8 Å². The minimum absolute atomic E-state index is 0.126. The molecule has 0 saturated heterocycles. The number of carbonyl (C=O) groups excluding carboxylic acids is 2. The molecule has 6 nitrogen and oxygen atoms in total. The fourth-order valence-corrected chi connectivity index (χ4v) is 3.85. The first-order chi connectivity index (χ1) is 14.5. The zero-order valence-electron chi connectivity index (χ0n) is 16.5. The predicted octanol–water partition coefficient (Wildman–Crippen LogP) is 3.53. The summed E-state index contributed by atoms with van der Waals surface area (Å²) < 4.78 is 1.77. The normalized spacial score (nSPS) is 11.0. The largest absolute Gasteiger partial charge is 0.492 e. The summed E-state index contributed by atoms with van der Waals surface area (Å²) in [6.07, 6.45) is 2.81. The van der Waals surface area contributed by atoms with Gasteiger partial charge in [0.15, 0.2) is 0 Å². The van der Waals surface area contributed by atoms with Gasteiger partial charge < -0.3 is 15.2 Å². The summed E-state index contributed by atoms with van der Waals surface area (Å²) in [6.45, 7) is 1.91. The summed E-state index contributed by atoms with van der Waals surface area (Å²) >= 11 is 0. The third kappa shape index (κ3) is 3.33. The van der Waals surface area contributed by atoms with E-state index in [9.17, 15) is 14.7 Å². The lowest BCUT2D eigenvalue weighted by Gasteiger charge is -2.09. The van der Waals surface area contributed by atoms with Gasteiger partial charge in [-0.2, -0.15) is 0 Å². The van der Waals surface area contributed by atoms with Gasteiger partial charge >= 0.3 is 0 Å². The van der Waals surface area contributed by atoms with E-state index in [-0.39, 0.29) is 17.0 Å². The molecule has 0 saturated carbocycles. The van der Waals surface area contributed by atoms with Crippen LogP contribution < -0.4 is 5.73 Å². The zero-order valence-corrected chi connectivity index (χ0v) is 16.5. The third-order valence-electron chi connectivity index (χ3n) is 5.20. The van der Waals surface area contributed by atoms with Crippen LogP contribution in [0.2, 0.25) is 0 Å². The highest BCUT2D eigenvalue weighted by atomic mass is 16.3. The number of ketones is 1. The molecule has 30 heavy (non-hydrogen) atoms. The van der Waals surface area contributed by atoms with E-state index in [2.05, 4.69) is 4.98 Å². The number of hydrogen-bond acceptors (Lipinski definition) is 4. The summed E-state index contributed by atoms with van der Waals surface area (Å²) in [6, 6.07) is 19.3. The maximum absolute atomic E-state index is 12.7. The molecule has 4 aromatic rings. The monoisotopic (exact) mass is 399 g/mol. The van der Waals surface area contributed by atoms with Gasteiger partial charge in [0.05, 0.1) is 11.3 Å². The molecule has 0 aliphatic carbocycles. The predicted molar refractivity (Wildman–Crippen MR) is 114 cm³/mol. The Morgan fingerprint density at radius 1 is 1.03 bits per heavy atom. The summed E-state index contributed by atoms with van der Waals surface area (Å²) in [5.74, 6) is -2.20. The van der Waals surface area contributed by atoms with Crippen molar-refractivity contribution in [2.24, 2.45) is 5.73 Å². The molecule has 150 valence electrons. The number of aromatic hydroxyl groups is 1. The lowest BCUT2D eigenvalue weighted by molar-refractivity contribution is -0.114. The molecule has 1 amide bonds. The van der Waals surface area contributed by atoms with Crippen LogP contribution in [0, 0.1) is 0 Å². The highest BCUT2D eigenvalue weighted by molar-refractivity contribution is 6.44. The first-order valence-electron chi connectivity index (χ1n) is 9.70. The smallest absolute Gasteiger partial charge is 0.289 e. The van der Waals surface area contributed by atoms with Crippen molar-refractivity contribution in [1.29, 1.82) is 0 Å². The highest BCUT2D eigenvalue weighted by Crippen LogP contribution is 2.33. The van der Waals surface area contributed by atoms with Gasteiger partial charge in [0.1, 0.15) is 5.52 Å². The average molecular weight is 399 g/mol. The van der Waals surface area contributed by atoms with Gasteiger partial charge in [0, 0.05) is 23.9 Å². The molecule has 0 atom stereocenters. The quantitative estimate of drug-likeness (QED) is 0.383. The molecular formula is C24H21N3O3. The fraction of sp³-hybridized carbons (Fsp3) is 0.125. The van der Waals surface area contributed by atoms with Gasteiger partial charge in [0.2, 0.25) is 5.88 Å². The second-order valence-electron chi connectivity index (χ2n) is 7.04. The molecule has 0 spiro atoms. The molecule has 0 fully saturated rings. The van der Waals surface area contributed by atoms with E-state index >= 15 is 0 Å². The molecule has 6 heteroatoms. The van der Waals surface area contributed by atoms with Gasteiger partial charge in [0.25, 0.3) is 11.7 Å². The number of nitrogens with zero attached hydrogens (tertiary/aromatic N) is 2. The molecule has 2 aromatic heterocycles. The van der Waals surface area contributed by atoms with Crippen LogP contribution in [-0.4, -0.2) is 26.2 Å². The number of primary amides is 1. The molecule has 2 aromatic carbocycles. The second-order valence-corrected chi connectivity index (χ2v) is 7.04. The van der Waals surface area contributed by atoms with Crippen LogP contribution in [0.1, 0.15) is 34.1 Å². The fourth-order valence-electron chi connectivity index (χ4n) is 3.85. The summed E-state index contributed by atoms with van der Waals surface area (Å²) in [5, 5.41) is 10.8. The molecule has 0 aliphatic heterocycles. The van der Waals surface area contributed by atoms with Crippen molar-refractivity contribution < 1.29 is 14.7 Å². The van der Waals surface area contributed by atoms with Crippen LogP contribution in [0.15, 0.2) is 66.9 Å². The van der Waals surface area contributed by atoms with E-state index < -0.39 is 11.7 Å². The van der Waals surface area contributed by atoms with E-state index in [1.807, 2.05) is 67.6 Å². The Bertz CT molecular complexity index is 1250. The minimum atomic E-state index is -1.06.